The maximum absolute atomic E-state index is 10.9. The molecule has 0 bridgehead atoms. The van der Waals surface area contributed by atoms with Crippen LogP contribution in [0.3, 0.4) is 0 Å². The van der Waals surface area contributed by atoms with Crippen molar-refractivity contribution in [3.63, 3.8) is 0 Å². The lowest BCUT2D eigenvalue weighted by Crippen LogP contribution is -2.23. The van der Waals surface area contributed by atoms with E-state index in [1.807, 2.05) is 0 Å². The number of carbonyl (C=O) groups excluding carboxylic acids is 1. The van der Waals surface area contributed by atoms with E-state index in [1.54, 1.807) is 30.4 Å². The number of hydrogen-bond acceptors (Lipinski definition) is 4. The predicted molar refractivity (Wildman–Crippen MR) is 69.1 cm³/mol. The molecular formula is C13H9ClN2O2. The lowest BCUT2D eigenvalue weighted by atomic mass is 9.98. The molecule has 1 atom stereocenters. The van der Waals surface area contributed by atoms with Crippen LogP contribution in [0.4, 0.5) is 5.69 Å². The summed E-state index contributed by atoms with van der Waals surface area (Å²) < 4.78 is 5.68. The second kappa shape index (κ2) is 3.99. The normalized spacial score (nSPS) is 20.7. The topological polar surface area (TPSA) is 64.7 Å². The fourth-order valence-corrected chi connectivity index (χ4v) is 2.04. The molecule has 1 aromatic carbocycles. The molecule has 1 aromatic rings. The van der Waals surface area contributed by atoms with E-state index in [2.05, 4.69) is 4.99 Å². The molecule has 18 heavy (non-hydrogen) atoms. The second-order valence-corrected chi connectivity index (χ2v) is 4.48. The van der Waals surface area contributed by atoms with Gasteiger partial charge in [0, 0.05) is 10.7 Å². The van der Waals surface area contributed by atoms with Gasteiger partial charge in [0.1, 0.15) is 23.4 Å². The van der Waals surface area contributed by atoms with Crippen molar-refractivity contribution < 1.29 is 9.53 Å². The first kappa shape index (κ1) is 11.0. The Morgan fingerprint density at radius 2 is 2.28 bits per heavy atom. The number of hydrogen-bond donors (Lipinski definition) is 1. The molecule has 4 nitrogen and oxygen atoms in total. The van der Waals surface area contributed by atoms with Crippen LogP contribution in [-0.4, -0.2) is 12.0 Å². The van der Waals surface area contributed by atoms with Crippen molar-refractivity contribution in [3.8, 4) is 5.75 Å². The van der Waals surface area contributed by atoms with Crippen LogP contribution < -0.4 is 10.5 Å². The molecule has 0 aromatic heterocycles. The largest absolute Gasteiger partial charge is 0.453 e. The van der Waals surface area contributed by atoms with Gasteiger partial charge in [-0.1, -0.05) is 11.6 Å². The first-order chi connectivity index (χ1) is 8.67. The zero-order chi connectivity index (χ0) is 12.7. The van der Waals surface area contributed by atoms with Gasteiger partial charge >= 0.3 is 0 Å². The lowest BCUT2D eigenvalue weighted by molar-refractivity contribution is -0.109. The monoisotopic (exact) mass is 260 g/mol. The van der Waals surface area contributed by atoms with E-state index in [0.717, 1.165) is 6.29 Å². The molecule has 2 aliphatic rings. The molecule has 0 saturated carbocycles. The van der Waals surface area contributed by atoms with E-state index < -0.39 is 5.92 Å². The molecule has 5 heteroatoms. The van der Waals surface area contributed by atoms with Crippen LogP contribution in [0.25, 0.3) is 0 Å². The van der Waals surface area contributed by atoms with Crippen molar-refractivity contribution in [2.24, 2.45) is 16.6 Å². The van der Waals surface area contributed by atoms with E-state index in [4.69, 9.17) is 22.1 Å². The molecule has 0 spiro atoms. The van der Waals surface area contributed by atoms with Crippen LogP contribution in [0, 0.1) is 5.92 Å². The zero-order valence-corrected chi connectivity index (χ0v) is 10.0. The van der Waals surface area contributed by atoms with Crippen molar-refractivity contribution in [1.29, 1.82) is 0 Å². The number of nitrogens with zero attached hydrogens (tertiary/aromatic N) is 1. The van der Waals surface area contributed by atoms with E-state index in [-0.39, 0.29) is 0 Å². The number of nitrogens with two attached hydrogens (primary N) is 1. The maximum atomic E-state index is 10.9. The first-order valence-electron chi connectivity index (χ1n) is 5.38. The predicted octanol–water partition coefficient (Wildman–Crippen LogP) is 2.36. The van der Waals surface area contributed by atoms with E-state index in [1.165, 1.54) is 0 Å². The van der Waals surface area contributed by atoms with Crippen molar-refractivity contribution >= 4 is 29.3 Å². The van der Waals surface area contributed by atoms with Crippen molar-refractivity contribution in [2.75, 3.05) is 0 Å². The van der Waals surface area contributed by atoms with Gasteiger partial charge in [0.05, 0.1) is 5.92 Å². The summed E-state index contributed by atoms with van der Waals surface area (Å²) in [5, 5.41) is 0.590. The SMILES string of the molecule is NC1=CC2=Nc3cc(Cl)ccc3OC2=CC1C=O. The third-order valence-electron chi connectivity index (χ3n) is 2.80. The molecule has 90 valence electrons. The summed E-state index contributed by atoms with van der Waals surface area (Å²) in [6, 6.07) is 5.19. The van der Waals surface area contributed by atoms with Crippen molar-refractivity contribution in [3.05, 3.63) is 46.8 Å². The highest BCUT2D eigenvalue weighted by Gasteiger charge is 2.24. The number of rotatable bonds is 1. The number of halogens is 1. The Balaban J connectivity index is 2.11. The molecule has 1 aliphatic heterocycles. The summed E-state index contributed by atoms with van der Waals surface area (Å²) in [5.41, 5.74) is 7.50. The lowest BCUT2D eigenvalue weighted by Gasteiger charge is -2.22. The Morgan fingerprint density at radius 1 is 1.44 bits per heavy atom. The molecule has 2 N–H and O–H groups in total. The van der Waals surface area contributed by atoms with Gasteiger partial charge in [-0.05, 0) is 30.4 Å². The maximum Gasteiger partial charge on any atom is 0.153 e. The molecule has 1 unspecified atom stereocenters. The Bertz CT molecular complexity index is 632. The van der Waals surface area contributed by atoms with Gasteiger partial charge in [-0.3, -0.25) is 0 Å². The number of benzene rings is 1. The Morgan fingerprint density at radius 3 is 3.06 bits per heavy atom. The average molecular weight is 261 g/mol. The summed E-state index contributed by atoms with van der Waals surface area (Å²) in [4.78, 5) is 15.3. The Hall–Kier alpha value is -2.07. The zero-order valence-electron chi connectivity index (χ0n) is 9.26. The Labute approximate surface area is 108 Å². The van der Waals surface area contributed by atoms with Gasteiger partial charge < -0.3 is 15.3 Å². The summed E-state index contributed by atoms with van der Waals surface area (Å²) >= 11 is 5.90. The summed E-state index contributed by atoms with van der Waals surface area (Å²) in [6.07, 6.45) is 4.09. The third kappa shape index (κ3) is 1.71. The average Bonchev–Trinajstić information content (AvgIpc) is 2.35. The third-order valence-corrected chi connectivity index (χ3v) is 3.04. The minimum Gasteiger partial charge on any atom is -0.453 e. The molecule has 0 saturated heterocycles. The molecule has 3 rings (SSSR count). The molecule has 0 radical (unpaired) electrons. The molecule has 1 heterocycles. The summed E-state index contributed by atoms with van der Waals surface area (Å²) in [6.45, 7) is 0. The van der Waals surface area contributed by atoms with Crippen LogP contribution in [-0.2, 0) is 4.79 Å². The molecular weight excluding hydrogens is 252 g/mol. The fourth-order valence-electron chi connectivity index (χ4n) is 1.87. The fraction of sp³-hybridized carbons (Fsp3) is 0.0769. The van der Waals surface area contributed by atoms with Crippen molar-refractivity contribution in [1.82, 2.24) is 0 Å². The van der Waals surface area contributed by atoms with Crippen molar-refractivity contribution in [2.45, 2.75) is 0 Å². The minimum absolute atomic E-state index is 0.451. The van der Waals surface area contributed by atoms with Gasteiger partial charge in [-0.25, -0.2) is 4.99 Å². The molecule has 0 fully saturated rings. The number of allylic oxidation sites excluding steroid dienone is 2. The van der Waals surface area contributed by atoms with Crippen LogP contribution in [0.5, 0.6) is 5.75 Å². The molecule has 1 aliphatic carbocycles. The summed E-state index contributed by atoms with van der Waals surface area (Å²) in [5.74, 6) is 0.719. The minimum atomic E-state index is -0.451. The number of ether oxygens (including phenoxy) is 1. The Kier molecular flexibility index (Phi) is 2.45. The quantitative estimate of drug-likeness (QED) is 0.789. The van der Waals surface area contributed by atoms with Crippen LogP contribution >= 0.6 is 11.6 Å². The van der Waals surface area contributed by atoms with Gasteiger partial charge in [0.2, 0.25) is 0 Å². The standard InChI is InChI=1S/C13H9ClN2O2/c14-8-1-2-12-10(4-8)16-11-5-9(15)7(6-17)3-13(11)18-12/h1-7H,15H2. The van der Waals surface area contributed by atoms with Gasteiger partial charge in [-0.2, -0.15) is 0 Å². The second-order valence-electron chi connectivity index (χ2n) is 4.05. The van der Waals surface area contributed by atoms with Crippen LogP contribution in [0.1, 0.15) is 0 Å². The van der Waals surface area contributed by atoms with Crippen LogP contribution in [0.15, 0.2) is 46.8 Å². The number of carbonyl (C=O) groups is 1. The highest BCUT2D eigenvalue weighted by Crippen LogP contribution is 2.37. The number of fused-ring (bicyclic) bond motifs is 2. The highest BCUT2D eigenvalue weighted by atomic mass is 35.5. The van der Waals surface area contributed by atoms with E-state index in [0.29, 0.717) is 33.6 Å². The van der Waals surface area contributed by atoms with Gasteiger partial charge in [0.25, 0.3) is 0 Å². The van der Waals surface area contributed by atoms with E-state index >= 15 is 0 Å². The summed E-state index contributed by atoms with van der Waals surface area (Å²) in [7, 11) is 0. The van der Waals surface area contributed by atoms with Gasteiger partial charge in [-0.15, -0.1) is 0 Å². The van der Waals surface area contributed by atoms with Gasteiger partial charge in [0.15, 0.2) is 5.75 Å². The molecule has 0 amide bonds. The first-order valence-corrected chi connectivity index (χ1v) is 5.76. The van der Waals surface area contributed by atoms with Crippen LogP contribution in [0.2, 0.25) is 5.02 Å². The highest BCUT2D eigenvalue weighted by molar-refractivity contribution is 6.31. The van der Waals surface area contributed by atoms with E-state index in [9.17, 15) is 4.79 Å². The number of aliphatic imine (C=N–C) groups is 1. The number of aldehydes is 1. The smallest absolute Gasteiger partial charge is 0.153 e.